The van der Waals surface area contributed by atoms with Gasteiger partial charge < -0.3 is 15.3 Å². The topological polar surface area (TPSA) is 118 Å². The fourth-order valence-corrected chi connectivity index (χ4v) is 6.07. The maximum atomic E-state index is 14.6. The van der Waals surface area contributed by atoms with Gasteiger partial charge in [-0.15, -0.1) is 0 Å². The molecule has 9 heteroatoms. The summed E-state index contributed by atoms with van der Waals surface area (Å²) < 4.78 is 0. The number of ketones is 1. The van der Waals surface area contributed by atoms with E-state index in [1.165, 1.54) is 0 Å². The molecule has 1 saturated heterocycles. The van der Waals surface area contributed by atoms with Gasteiger partial charge in [-0.2, -0.15) is 5.26 Å². The molecule has 0 bridgehead atoms. The number of rotatable bonds is 3. The van der Waals surface area contributed by atoms with Crippen LogP contribution in [0.4, 0.5) is 5.69 Å². The number of carbonyl (C=O) groups is 2. The SMILES string of the molecule is CN1C[C@H](c2ncc[nH]2)[C@@](C#N)(C(=O)c2c[nH]c3ccccc23)[C@@]12C(=O)Nc1ccc(Cl)cc12. The Morgan fingerprint density at radius 3 is 2.85 bits per heavy atom. The normalized spacial score (nSPS) is 26.0. The summed E-state index contributed by atoms with van der Waals surface area (Å²) in [6.07, 6.45) is 4.85. The first-order chi connectivity index (χ1) is 16.4. The molecule has 2 aliphatic rings. The molecule has 168 valence electrons. The van der Waals surface area contributed by atoms with Gasteiger partial charge in [0.05, 0.1) is 12.0 Å². The van der Waals surface area contributed by atoms with E-state index in [0.29, 0.717) is 33.0 Å². The highest BCUT2D eigenvalue weighted by atomic mass is 35.5. The van der Waals surface area contributed by atoms with E-state index in [9.17, 15) is 14.9 Å². The Morgan fingerprint density at radius 1 is 1.26 bits per heavy atom. The molecule has 0 aliphatic carbocycles. The summed E-state index contributed by atoms with van der Waals surface area (Å²) in [5.41, 5.74) is -1.26. The lowest BCUT2D eigenvalue weighted by molar-refractivity contribution is -0.128. The van der Waals surface area contributed by atoms with Gasteiger partial charge in [-0.05, 0) is 31.3 Å². The van der Waals surface area contributed by atoms with Crippen LogP contribution in [0.3, 0.4) is 0 Å². The van der Waals surface area contributed by atoms with Crippen LogP contribution in [-0.4, -0.2) is 45.1 Å². The molecule has 0 unspecified atom stereocenters. The van der Waals surface area contributed by atoms with E-state index in [2.05, 4.69) is 26.3 Å². The van der Waals surface area contributed by atoms with Crippen molar-refractivity contribution in [1.29, 1.82) is 5.26 Å². The van der Waals surface area contributed by atoms with Crippen molar-refractivity contribution in [2.45, 2.75) is 11.5 Å². The molecule has 3 atom stereocenters. The molecule has 1 amide bonds. The number of nitriles is 1. The number of likely N-dealkylation sites (tertiary alicyclic amines) is 1. The van der Waals surface area contributed by atoms with Crippen molar-refractivity contribution in [2.75, 3.05) is 18.9 Å². The summed E-state index contributed by atoms with van der Waals surface area (Å²) in [4.78, 5) is 40.9. The standard InChI is InChI=1S/C25H19ClN6O2/c1-32-12-18(22-28-8-9-29-22)24(13-27,21(33)16-11-30-19-5-3-2-4-15(16)19)25(32)17-10-14(26)6-7-20(17)31-23(25)34/h2-11,18,30H,12H2,1H3,(H,28,29)(H,31,34)/t18-,24+,25-/m1/s1. The number of benzene rings is 2. The van der Waals surface area contributed by atoms with E-state index in [1.807, 2.05) is 24.3 Å². The first kappa shape index (κ1) is 20.7. The summed E-state index contributed by atoms with van der Waals surface area (Å²) in [7, 11) is 1.76. The lowest BCUT2D eigenvalue weighted by atomic mass is 9.59. The van der Waals surface area contributed by atoms with Crippen LogP contribution in [0.1, 0.15) is 27.7 Å². The minimum atomic E-state index is -1.83. The maximum Gasteiger partial charge on any atom is 0.251 e. The van der Waals surface area contributed by atoms with Crippen LogP contribution in [-0.2, 0) is 10.3 Å². The number of hydrogen-bond donors (Lipinski definition) is 3. The Kier molecular flexibility index (Phi) is 4.27. The van der Waals surface area contributed by atoms with Gasteiger partial charge in [0, 0.05) is 57.9 Å². The number of likely N-dealkylation sites (N-methyl/N-ethyl adjacent to an activating group) is 1. The van der Waals surface area contributed by atoms with E-state index in [-0.39, 0.29) is 6.54 Å². The largest absolute Gasteiger partial charge is 0.360 e. The molecular formula is C25H19ClN6O2. The van der Waals surface area contributed by atoms with Gasteiger partial charge in [-0.3, -0.25) is 14.5 Å². The Balaban J connectivity index is 1.70. The third-order valence-electron chi connectivity index (χ3n) is 7.29. The van der Waals surface area contributed by atoms with Crippen LogP contribution in [0.2, 0.25) is 5.02 Å². The number of aromatic nitrogens is 3. The van der Waals surface area contributed by atoms with Crippen LogP contribution in [0, 0.1) is 16.7 Å². The van der Waals surface area contributed by atoms with Crippen LogP contribution in [0.15, 0.2) is 61.1 Å². The summed E-state index contributed by atoms with van der Waals surface area (Å²) in [5.74, 6) is -1.10. The van der Waals surface area contributed by atoms with Crippen molar-refractivity contribution in [3.05, 3.63) is 83.0 Å². The van der Waals surface area contributed by atoms with Crippen LogP contribution < -0.4 is 5.32 Å². The molecule has 2 aliphatic heterocycles. The van der Waals surface area contributed by atoms with Crippen LogP contribution in [0.25, 0.3) is 10.9 Å². The van der Waals surface area contributed by atoms with Gasteiger partial charge in [0.1, 0.15) is 5.82 Å². The molecule has 4 heterocycles. The van der Waals surface area contributed by atoms with E-state index in [0.717, 1.165) is 5.52 Å². The average Bonchev–Trinajstić information content (AvgIpc) is 3.60. The first-order valence-electron chi connectivity index (χ1n) is 10.8. The molecule has 34 heavy (non-hydrogen) atoms. The number of imidazole rings is 1. The smallest absolute Gasteiger partial charge is 0.251 e. The molecule has 2 aromatic heterocycles. The average molecular weight is 471 g/mol. The molecule has 2 aromatic carbocycles. The molecular weight excluding hydrogens is 452 g/mol. The number of amides is 1. The van der Waals surface area contributed by atoms with E-state index >= 15 is 0 Å². The number of Topliss-reactive ketones (excluding diaryl/α,β-unsaturated/α-hetero) is 1. The number of para-hydroxylation sites is 1. The number of fused-ring (bicyclic) bond motifs is 3. The zero-order valence-electron chi connectivity index (χ0n) is 18.1. The van der Waals surface area contributed by atoms with Crippen molar-refractivity contribution >= 4 is 39.9 Å². The summed E-state index contributed by atoms with van der Waals surface area (Å²) >= 11 is 6.36. The highest BCUT2D eigenvalue weighted by molar-refractivity contribution is 6.31. The number of nitrogens with zero attached hydrogens (tertiary/aromatic N) is 3. The lowest BCUT2D eigenvalue weighted by Gasteiger charge is -2.40. The highest BCUT2D eigenvalue weighted by Crippen LogP contribution is 2.62. The van der Waals surface area contributed by atoms with Gasteiger partial charge in [-0.25, -0.2) is 4.98 Å². The molecule has 3 N–H and O–H groups in total. The molecule has 4 aromatic rings. The fraction of sp³-hybridized carbons (Fsp3) is 0.200. The Labute approximate surface area is 199 Å². The van der Waals surface area contributed by atoms with Crippen molar-refractivity contribution in [1.82, 2.24) is 19.9 Å². The van der Waals surface area contributed by atoms with Crippen LogP contribution in [0.5, 0.6) is 0 Å². The highest BCUT2D eigenvalue weighted by Gasteiger charge is 2.75. The Hall–Kier alpha value is -3.93. The number of H-pyrrole nitrogens is 2. The maximum absolute atomic E-state index is 14.6. The van der Waals surface area contributed by atoms with E-state index in [1.54, 1.807) is 48.7 Å². The summed E-state index contributed by atoms with van der Waals surface area (Å²) in [6, 6.07) is 14.8. The number of nitrogens with one attached hydrogen (secondary N) is 3. The minimum absolute atomic E-state index is 0.258. The second-order valence-corrected chi connectivity index (χ2v) is 9.20. The van der Waals surface area contributed by atoms with Crippen molar-refractivity contribution in [2.24, 2.45) is 5.41 Å². The molecule has 0 saturated carbocycles. The van der Waals surface area contributed by atoms with Gasteiger partial charge in [-0.1, -0.05) is 29.8 Å². The lowest BCUT2D eigenvalue weighted by Crippen LogP contribution is -2.58. The zero-order chi connectivity index (χ0) is 23.7. The van der Waals surface area contributed by atoms with E-state index in [4.69, 9.17) is 11.6 Å². The van der Waals surface area contributed by atoms with Crippen molar-refractivity contribution in [3.63, 3.8) is 0 Å². The zero-order valence-corrected chi connectivity index (χ0v) is 18.8. The number of aromatic amines is 2. The number of hydrogen-bond acceptors (Lipinski definition) is 5. The van der Waals surface area contributed by atoms with Crippen molar-refractivity contribution < 1.29 is 9.59 Å². The monoisotopic (exact) mass is 470 g/mol. The van der Waals surface area contributed by atoms with Gasteiger partial charge in [0.25, 0.3) is 5.91 Å². The summed E-state index contributed by atoms with van der Waals surface area (Å²) in [5, 5.41) is 14.9. The molecule has 1 spiro atoms. The first-order valence-corrected chi connectivity index (χ1v) is 11.2. The van der Waals surface area contributed by atoms with Gasteiger partial charge in [0.15, 0.2) is 16.7 Å². The predicted octanol–water partition coefficient (Wildman–Crippen LogP) is 3.81. The third-order valence-corrected chi connectivity index (χ3v) is 7.52. The summed E-state index contributed by atoms with van der Waals surface area (Å²) in [6.45, 7) is 0.258. The van der Waals surface area contributed by atoms with Crippen molar-refractivity contribution in [3.8, 4) is 6.07 Å². The molecule has 8 nitrogen and oxygen atoms in total. The predicted molar refractivity (Wildman–Crippen MR) is 126 cm³/mol. The number of halogens is 1. The number of carbonyl (C=O) groups excluding carboxylic acids is 2. The number of anilines is 1. The fourth-order valence-electron chi connectivity index (χ4n) is 5.89. The quantitative estimate of drug-likeness (QED) is 0.393. The molecule has 0 radical (unpaired) electrons. The van der Waals surface area contributed by atoms with E-state index < -0.39 is 28.6 Å². The Morgan fingerprint density at radius 2 is 2.09 bits per heavy atom. The molecule has 6 rings (SSSR count). The molecule has 1 fully saturated rings. The van der Waals surface area contributed by atoms with Gasteiger partial charge >= 0.3 is 0 Å². The Bertz CT molecular complexity index is 1520. The van der Waals surface area contributed by atoms with Gasteiger partial charge in [0.2, 0.25) is 0 Å². The second-order valence-electron chi connectivity index (χ2n) is 8.76. The minimum Gasteiger partial charge on any atom is -0.360 e. The second kappa shape index (κ2) is 7.03. The van der Waals surface area contributed by atoms with Crippen LogP contribution >= 0.6 is 11.6 Å². The third kappa shape index (κ3) is 2.32.